The molecule has 2 heterocycles. The number of fused-ring (bicyclic) bond motifs is 3. The number of aryl methyl sites for hydroxylation is 1. The number of aromatic amines is 2. The number of H-pyrrole nitrogens is 2. The Hall–Kier alpha value is -3.54. The maximum Gasteiger partial charge on any atom is 0.303 e. The van der Waals surface area contributed by atoms with Crippen molar-refractivity contribution in [3.8, 4) is 11.1 Å². The molecule has 5 N–H and O–H groups in total. The number of nitrogens with one attached hydrogen (secondary N) is 2. The molecular formula is C20H17N3O3. The monoisotopic (exact) mass is 347 g/mol. The SMILES string of the molecule is Nc1cccc(-c2ccc3[nH]c(=O)c4[nH]cc(CCC(=O)O)c4c3c2)c1. The van der Waals surface area contributed by atoms with Gasteiger partial charge < -0.3 is 20.8 Å². The topological polar surface area (TPSA) is 112 Å². The van der Waals surface area contributed by atoms with Gasteiger partial charge in [-0.2, -0.15) is 0 Å². The van der Waals surface area contributed by atoms with Gasteiger partial charge in [0.05, 0.1) is 0 Å². The normalized spacial score (nSPS) is 11.2. The highest BCUT2D eigenvalue weighted by molar-refractivity contribution is 6.07. The fourth-order valence-corrected chi connectivity index (χ4v) is 3.33. The molecule has 4 rings (SSSR count). The Bertz CT molecular complexity index is 1200. The molecule has 0 saturated carbocycles. The smallest absolute Gasteiger partial charge is 0.303 e. The van der Waals surface area contributed by atoms with Gasteiger partial charge >= 0.3 is 5.97 Å². The molecule has 6 heteroatoms. The molecule has 0 aliphatic carbocycles. The maximum absolute atomic E-state index is 12.3. The van der Waals surface area contributed by atoms with Gasteiger partial charge in [-0.3, -0.25) is 9.59 Å². The molecule has 2 aromatic carbocycles. The highest BCUT2D eigenvalue weighted by Gasteiger charge is 2.13. The summed E-state index contributed by atoms with van der Waals surface area (Å²) >= 11 is 0. The summed E-state index contributed by atoms with van der Waals surface area (Å²) in [5, 5.41) is 10.6. The summed E-state index contributed by atoms with van der Waals surface area (Å²) in [5.41, 5.74) is 10.3. The predicted octanol–water partition coefficient (Wildman–Crippen LogP) is 3.28. The largest absolute Gasteiger partial charge is 0.481 e. The van der Waals surface area contributed by atoms with Gasteiger partial charge in [-0.05, 0) is 47.4 Å². The molecule has 6 nitrogen and oxygen atoms in total. The zero-order chi connectivity index (χ0) is 18.3. The first-order valence-corrected chi connectivity index (χ1v) is 8.26. The number of pyridine rings is 1. The van der Waals surface area contributed by atoms with E-state index in [1.54, 1.807) is 6.20 Å². The molecule has 130 valence electrons. The second-order valence-electron chi connectivity index (χ2n) is 6.30. The number of nitrogens with two attached hydrogens (primary N) is 1. The molecule has 2 aromatic heterocycles. The van der Waals surface area contributed by atoms with Crippen molar-refractivity contribution in [2.45, 2.75) is 12.8 Å². The Labute approximate surface area is 148 Å². The number of aliphatic carboxylic acids is 1. The molecule has 0 atom stereocenters. The quantitative estimate of drug-likeness (QED) is 0.424. The Morgan fingerprint density at radius 1 is 1.12 bits per heavy atom. The molecule has 26 heavy (non-hydrogen) atoms. The van der Waals surface area contributed by atoms with Crippen molar-refractivity contribution in [3.05, 3.63) is 64.6 Å². The number of benzene rings is 2. The number of hydrogen-bond donors (Lipinski definition) is 4. The molecule has 0 unspecified atom stereocenters. The molecule has 0 saturated heterocycles. The average molecular weight is 347 g/mol. The number of carboxylic acids is 1. The zero-order valence-electron chi connectivity index (χ0n) is 13.9. The van der Waals surface area contributed by atoms with E-state index < -0.39 is 5.97 Å². The van der Waals surface area contributed by atoms with E-state index in [1.807, 2.05) is 42.5 Å². The van der Waals surface area contributed by atoms with E-state index >= 15 is 0 Å². The highest BCUT2D eigenvalue weighted by Crippen LogP contribution is 2.30. The van der Waals surface area contributed by atoms with E-state index in [2.05, 4.69) is 9.97 Å². The van der Waals surface area contributed by atoms with Crippen LogP contribution in [0, 0.1) is 0 Å². The van der Waals surface area contributed by atoms with Crippen molar-refractivity contribution >= 4 is 33.5 Å². The van der Waals surface area contributed by atoms with Crippen molar-refractivity contribution in [1.82, 2.24) is 9.97 Å². The van der Waals surface area contributed by atoms with Crippen molar-refractivity contribution in [2.24, 2.45) is 0 Å². The van der Waals surface area contributed by atoms with Crippen LogP contribution in [-0.4, -0.2) is 21.0 Å². The molecule has 0 spiro atoms. The van der Waals surface area contributed by atoms with E-state index in [-0.39, 0.29) is 12.0 Å². The maximum atomic E-state index is 12.3. The number of carbonyl (C=O) groups is 1. The first-order chi connectivity index (χ1) is 12.5. The summed E-state index contributed by atoms with van der Waals surface area (Å²) in [6.07, 6.45) is 2.09. The molecule has 0 radical (unpaired) electrons. The van der Waals surface area contributed by atoms with Crippen LogP contribution in [0.15, 0.2) is 53.5 Å². The first kappa shape index (κ1) is 16.0. The molecule has 0 amide bonds. The van der Waals surface area contributed by atoms with Gasteiger partial charge in [0, 0.05) is 34.6 Å². The van der Waals surface area contributed by atoms with Crippen LogP contribution < -0.4 is 11.3 Å². The number of rotatable bonds is 4. The molecule has 0 aliphatic heterocycles. The third-order valence-electron chi connectivity index (χ3n) is 4.55. The van der Waals surface area contributed by atoms with Crippen LogP contribution >= 0.6 is 0 Å². The predicted molar refractivity (Wildman–Crippen MR) is 102 cm³/mol. The van der Waals surface area contributed by atoms with Gasteiger partial charge in [0.1, 0.15) is 5.52 Å². The van der Waals surface area contributed by atoms with Crippen LogP contribution in [-0.2, 0) is 11.2 Å². The van der Waals surface area contributed by atoms with Gasteiger partial charge in [-0.15, -0.1) is 0 Å². The summed E-state index contributed by atoms with van der Waals surface area (Å²) in [4.78, 5) is 29.1. The fraction of sp³-hybridized carbons (Fsp3) is 0.100. The van der Waals surface area contributed by atoms with Crippen LogP contribution in [0.25, 0.3) is 32.9 Å². The number of anilines is 1. The van der Waals surface area contributed by atoms with Gasteiger partial charge in [0.15, 0.2) is 0 Å². The Kier molecular flexibility index (Phi) is 3.73. The van der Waals surface area contributed by atoms with Gasteiger partial charge in [-0.1, -0.05) is 18.2 Å². The number of nitrogen functional groups attached to an aromatic ring is 1. The van der Waals surface area contributed by atoms with Gasteiger partial charge in [0.25, 0.3) is 5.56 Å². The summed E-state index contributed by atoms with van der Waals surface area (Å²) in [5.74, 6) is -0.867. The molecule has 0 aliphatic rings. The second kappa shape index (κ2) is 6.07. The standard InChI is InChI=1S/C20H17N3O3/c21-14-3-1-2-11(8-14)12-4-6-16-15(9-12)18-13(5-7-17(24)25)10-22-19(18)20(26)23-16/h1-4,6,8-10,22H,5,7,21H2,(H,23,26)(H,24,25). The Morgan fingerprint density at radius 3 is 2.69 bits per heavy atom. The number of carboxylic acid groups (broad SMARTS) is 1. The third kappa shape index (κ3) is 2.71. The Balaban J connectivity index is 1.97. The summed E-state index contributed by atoms with van der Waals surface area (Å²) in [6, 6.07) is 13.4. The minimum absolute atomic E-state index is 0.0101. The van der Waals surface area contributed by atoms with Gasteiger partial charge in [-0.25, -0.2) is 0 Å². The summed E-state index contributed by atoms with van der Waals surface area (Å²) in [7, 11) is 0. The van der Waals surface area contributed by atoms with Crippen LogP contribution in [0.3, 0.4) is 0 Å². The second-order valence-corrected chi connectivity index (χ2v) is 6.30. The Morgan fingerprint density at radius 2 is 1.92 bits per heavy atom. The summed E-state index contributed by atoms with van der Waals surface area (Å²) in [6.45, 7) is 0. The lowest BCUT2D eigenvalue weighted by molar-refractivity contribution is -0.136. The van der Waals surface area contributed by atoms with Crippen LogP contribution in [0.5, 0.6) is 0 Å². The van der Waals surface area contributed by atoms with Gasteiger partial charge in [0.2, 0.25) is 0 Å². The van der Waals surface area contributed by atoms with Crippen molar-refractivity contribution in [3.63, 3.8) is 0 Å². The van der Waals surface area contributed by atoms with Crippen molar-refractivity contribution in [1.29, 1.82) is 0 Å². The summed E-state index contributed by atoms with van der Waals surface area (Å²) < 4.78 is 0. The number of hydrogen-bond acceptors (Lipinski definition) is 3. The molecular weight excluding hydrogens is 330 g/mol. The minimum Gasteiger partial charge on any atom is -0.481 e. The highest BCUT2D eigenvalue weighted by atomic mass is 16.4. The number of aromatic nitrogens is 2. The first-order valence-electron chi connectivity index (χ1n) is 8.26. The van der Waals surface area contributed by atoms with E-state index in [0.29, 0.717) is 23.1 Å². The molecule has 0 bridgehead atoms. The van der Waals surface area contributed by atoms with Crippen molar-refractivity contribution in [2.75, 3.05) is 5.73 Å². The zero-order valence-corrected chi connectivity index (χ0v) is 13.9. The molecule has 0 fully saturated rings. The van der Waals surface area contributed by atoms with Crippen LogP contribution in [0.2, 0.25) is 0 Å². The third-order valence-corrected chi connectivity index (χ3v) is 4.55. The lowest BCUT2D eigenvalue weighted by Gasteiger charge is -2.07. The van der Waals surface area contributed by atoms with E-state index in [9.17, 15) is 9.59 Å². The minimum atomic E-state index is -0.867. The molecule has 4 aromatic rings. The van der Waals surface area contributed by atoms with Crippen molar-refractivity contribution < 1.29 is 9.90 Å². The average Bonchev–Trinajstić information content (AvgIpc) is 3.05. The van der Waals surface area contributed by atoms with E-state index in [4.69, 9.17) is 10.8 Å². The lowest BCUT2D eigenvalue weighted by Crippen LogP contribution is -2.06. The van der Waals surface area contributed by atoms with E-state index in [1.165, 1.54) is 0 Å². The van der Waals surface area contributed by atoms with Crippen LogP contribution in [0.4, 0.5) is 5.69 Å². The van der Waals surface area contributed by atoms with E-state index in [0.717, 1.165) is 27.5 Å². The van der Waals surface area contributed by atoms with Crippen LogP contribution in [0.1, 0.15) is 12.0 Å². The lowest BCUT2D eigenvalue weighted by atomic mass is 9.99. The fourth-order valence-electron chi connectivity index (χ4n) is 3.33.